The van der Waals surface area contributed by atoms with Crippen LogP contribution in [0.4, 0.5) is 14.9 Å². The number of benzene rings is 2. The van der Waals surface area contributed by atoms with Crippen LogP contribution in [0, 0.1) is 17.7 Å². The average molecular weight is 471 g/mol. The van der Waals surface area contributed by atoms with E-state index in [2.05, 4.69) is 22.1 Å². The summed E-state index contributed by atoms with van der Waals surface area (Å²) in [6, 6.07) is 15.9. The fourth-order valence-corrected chi connectivity index (χ4v) is 4.76. The fraction of sp³-hybridized carbons (Fsp3) is 0.222. The van der Waals surface area contributed by atoms with Gasteiger partial charge in [0.05, 0.1) is 18.7 Å². The lowest BCUT2D eigenvalue weighted by Crippen LogP contribution is -2.73. The minimum atomic E-state index is -0.420. The van der Waals surface area contributed by atoms with E-state index in [4.69, 9.17) is 0 Å². The molecule has 5 rings (SSSR count). The van der Waals surface area contributed by atoms with E-state index in [0.29, 0.717) is 12.2 Å². The zero-order valence-electron chi connectivity index (χ0n) is 18.8. The number of carbonyl (C=O) groups is 2. The molecular weight excluding hydrogens is 447 g/mol. The zero-order valence-corrected chi connectivity index (χ0v) is 18.8. The number of rotatable bonds is 3. The molecule has 2 saturated heterocycles. The molecule has 2 aromatic carbocycles. The van der Waals surface area contributed by atoms with Crippen LogP contribution < -0.4 is 5.32 Å². The molecular formula is C27H23FN4O3. The fourth-order valence-electron chi connectivity index (χ4n) is 4.76. The van der Waals surface area contributed by atoms with E-state index >= 15 is 0 Å². The van der Waals surface area contributed by atoms with Crippen molar-refractivity contribution in [3.63, 3.8) is 0 Å². The van der Waals surface area contributed by atoms with Gasteiger partial charge in [0.15, 0.2) is 0 Å². The largest absolute Gasteiger partial charge is 0.394 e. The predicted octanol–water partition coefficient (Wildman–Crippen LogP) is 2.82. The molecule has 35 heavy (non-hydrogen) atoms. The van der Waals surface area contributed by atoms with Gasteiger partial charge < -0.3 is 20.2 Å². The van der Waals surface area contributed by atoms with Crippen LogP contribution in [0.3, 0.4) is 0 Å². The van der Waals surface area contributed by atoms with Gasteiger partial charge in [-0.2, -0.15) is 0 Å². The number of aliphatic hydroxyl groups is 1. The second-order valence-electron chi connectivity index (χ2n) is 8.58. The lowest BCUT2D eigenvalue weighted by atomic mass is 9.73. The quantitative estimate of drug-likeness (QED) is 0.577. The lowest BCUT2D eigenvalue weighted by Gasteiger charge is -2.58. The molecule has 0 spiro atoms. The van der Waals surface area contributed by atoms with E-state index < -0.39 is 11.8 Å². The summed E-state index contributed by atoms with van der Waals surface area (Å²) in [5.41, 5.74) is 3.10. The van der Waals surface area contributed by atoms with E-state index in [0.717, 1.165) is 16.7 Å². The van der Waals surface area contributed by atoms with Crippen molar-refractivity contribution in [1.82, 2.24) is 14.8 Å². The molecule has 0 saturated carbocycles. The highest BCUT2D eigenvalue weighted by atomic mass is 19.1. The molecule has 7 nitrogen and oxygen atoms in total. The normalized spacial score (nSPS) is 20.9. The molecule has 176 valence electrons. The summed E-state index contributed by atoms with van der Waals surface area (Å²) in [7, 11) is 0. The monoisotopic (exact) mass is 470 g/mol. The Morgan fingerprint density at radius 3 is 2.51 bits per heavy atom. The van der Waals surface area contributed by atoms with E-state index in [-0.39, 0.29) is 37.1 Å². The van der Waals surface area contributed by atoms with Gasteiger partial charge in [-0.1, -0.05) is 24.0 Å². The average Bonchev–Trinajstić information content (AvgIpc) is 2.86. The predicted molar refractivity (Wildman–Crippen MR) is 128 cm³/mol. The SMILES string of the molecule is O=C(Nc1ccc(F)cc1)N1CC(=O)N2[C@H](CO)[C@H](c3ccc(C#Cc4cccnc4)cc3)[C@@H]2C1. The molecule has 8 heteroatoms. The van der Waals surface area contributed by atoms with E-state index in [9.17, 15) is 19.1 Å². The smallest absolute Gasteiger partial charge is 0.322 e. The zero-order chi connectivity index (χ0) is 24.4. The Kier molecular flexibility index (Phi) is 6.17. The van der Waals surface area contributed by atoms with Gasteiger partial charge in [-0.15, -0.1) is 0 Å². The van der Waals surface area contributed by atoms with Crippen LogP contribution in [0.15, 0.2) is 73.1 Å². The van der Waals surface area contributed by atoms with Crippen molar-refractivity contribution in [3.05, 3.63) is 95.6 Å². The Morgan fingerprint density at radius 1 is 1.09 bits per heavy atom. The van der Waals surface area contributed by atoms with E-state index in [1.807, 2.05) is 36.4 Å². The summed E-state index contributed by atoms with van der Waals surface area (Å²) < 4.78 is 13.1. The van der Waals surface area contributed by atoms with Crippen molar-refractivity contribution in [2.75, 3.05) is 25.0 Å². The number of carbonyl (C=O) groups excluding carboxylic acids is 2. The van der Waals surface area contributed by atoms with Crippen LogP contribution in [0.25, 0.3) is 0 Å². The molecule has 0 radical (unpaired) electrons. The minimum absolute atomic E-state index is 0.0738. The summed E-state index contributed by atoms with van der Waals surface area (Å²) in [4.78, 5) is 32.8. The summed E-state index contributed by atoms with van der Waals surface area (Å²) in [6.45, 7) is 0.107. The van der Waals surface area contributed by atoms with Crippen LogP contribution >= 0.6 is 0 Å². The Labute approximate surface area is 202 Å². The molecule has 3 heterocycles. The number of hydrogen-bond donors (Lipinski definition) is 2. The van der Waals surface area contributed by atoms with Gasteiger partial charge >= 0.3 is 6.03 Å². The lowest BCUT2D eigenvalue weighted by molar-refractivity contribution is -0.159. The highest BCUT2D eigenvalue weighted by molar-refractivity contribution is 5.93. The molecule has 1 aromatic heterocycles. The Hall–Kier alpha value is -4.22. The number of hydrogen-bond acceptors (Lipinski definition) is 4. The first-order valence-electron chi connectivity index (χ1n) is 11.3. The molecule has 2 aliphatic heterocycles. The van der Waals surface area contributed by atoms with Crippen LogP contribution in [-0.4, -0.2) is 63.6 Å². The molecule has 3 aromatic rings. The van der Waals surface area contributed by atoms with E-state index in [1.165, 1.54) is 29.2 Å². The maximum Gasteiger partial charge on any atom is 0.322 e. The number of nitrogens with one attached hydrogen (secondary N) is 1. The number of halogens is 1. The summed E-state index contributed by atoms with van der Waals surface area (Å²) >= 11 is 0. The van der Waals surface area contributed by atoms with Crippen molar-refractivity contribution in [3.8, 4) is 11.8 Å². The third-order valence-corrected chi connectivity index (χ3v) is 6.44. The summed E-state index contributed by atoms with van der Waals surface area (Å²) in [6.07, 6.45) is 3.40. The van der Waals surface area contributed by atoms with Gasteiger partial charge in [0, 0.05) is 41.7 Å². The first-order chi connectivity index (χ1) is 17.0. The second-order valence-corrected chi connectivity index (χ2v) is 8.58. The molecule has 2 N–H and O–H groups in total. The van der Waals surface area contributed by atoms with Crippen LogP contribution in [0.2, 0.25) is 0 Å². The molecule has 2 fully saturated rings. The van der Waals surface area contributed by atoms with Gasteiger partial charge in [0.1, 0.15) is 12.4 Å². The number of anilines is 1. The van der Waals surface area contributed by atoms with Crippen molar-refractivity contribution in [1.29, 1.82) is 0 Å². The van der Waals surface area contributed by atoms with Crippen LogP contribution in [0.5, 0.6) is 0 Å². The maximum atomic E-state index is 13.1. The number of nitrogens with zero attached hydrogens (tertiary/aromatic N) is 3. The Balaban J connectivity index is 1.30. The number of aliphatic hydroxyl groups excluding tert-OH is 1. The summed E-state index contributed by atoms with van der Waals surface area (Å²) in [5, 5.41) is 12.7. The molecule has 2 aliphatic rings. The Bertz CT molecular complexity index is 1290. The van der Waals surface area contributed by atoms with Crippen molar-refractivity contribution < 1.29 is 19.1 Å². The van der Waals surface area contributed by atoms with Crippen LogP contribution in [0.1, 0.15) is 22.6 Å². The van der Waals surface area contributed by atoms with Crippen molar-refractivity contribution in [2.24, 2.45) is 0 Å². The topological polar surface area (TPSA) is 85.8 Å². The first-order valence-corrected chi connectivity index (χ1v) is 11.3. The number of pyridine rings is 1. The van der Waals surface area contributed by atoms with Gasteiger partial charge in [0.25, 0.3) is 0 Å². The number of urea groups is 1. The van der Waals surface area contributed by atoms with Crippen LogP contribution in [-0.2, 0) is 4.79 Å². The minimum Gasteiger partial charge on any atom is -0.394 e. The third kappa shape index (κ3) is 4.59. The standard InChI is InChI=1S/C27H23FN4O3/c28-21-9-11-22(12-10-21)30-27(35)31-15-23-26(24(17-33)32(23)25(34)16-31)20-7-5-18(6-8-20)3-4-19-2-1-13-29-14-19/h1-2,5-14,23-24,26,33H,15-17H2,(H,30,35)/t23-,24+,26+/m0/s1. The van der Waals surface area contributed by atoms with Gasteiger partial charge in [-0.3, -0.25) is 9.78 Å². The molecule has 0 bridgehead atoms. The summed E-state index contributed by atoms with van der Waals surface area (Å²) in [5.74, 6) is 5.48. The number of amides is 3. The Morgan fingerprint density at radius 2 is 1.83 bits per heavy atom. The molecule has 0 unspecified atom stereocenters. The highest BCUT2D eigenvalue weighted by Crippen LogP contribution is 2.43. The third-order valence-electron chi connectivity index (χ3n) is 6.44. The number of fused-ring (bicyclic) bond motifs is 1. The second kappa shape index (κ2) is 9.57. The van der Waals surface area contributed by atoms with Gasteiger partial charge in [-0.05, 0) is 54.1 Å². The number of piperazine rings is 1. The number of aromatic nitrogens is 1. The van der Waals surface area contributed by atoms with Gasteiger partial charge in [-0.25, -0.2) is 9.18 Å². The highest BCUT2D eigenvalue weighted by Gasteiger charge is 2.54. The molecule has 3 atom stereocenters. The van der Waals surface area contributed by atoms with Crippen molar-refractivity contribution >= 4 is 17.6 Å². The van der Waals surface area contributed by atoms with Gasteiger partial charge in [0.2, 0.25) is 5.91 Å². The molecule has 3 amide bonds. The van der Waals surface area contributed by atoms with Crippen molar-refractivity contribution in [2.45, 2.75) is 18.0 Å². The first kappa shape index (κ1) is 22.6. The maximum absolute atomic E-state index is 13.1. The van der Waals surface area contributed by atoms with E-state index in [1.54, 1.807) is 17.3 Å². The molecule has 0 aliphatic carbocycles.